The monoisotopic (exact) mass is 319 g/mol. The zero-order valence-electron chi connectivity index (χ0n) is 10.6. The van der Waals surface area contributed by atoms with E-state index in [1.54, 1.807) is 11.3 Å². The molecular weight excluding hydrogens is 298 g/mol. The first-order valence-corrected chi connectivity index (χ1v) is 7.97. The predicted molar refractivity (Wildman–Crippen MR) is 78.5 cm³/mol. The van der Waals surface area contributed by atoms with Gasteiger partial charge in [0, 0.05) is 27.4 Å². The van der Waals surface area contributed by atoms with Crippen molar-refractivity contribution in [3.63, 3.8) is 0 Å². The molecule has 0 spiro atoms. The Labute approximate surface area is 117 Å². The Kier molecular flexibility index (Phi) is 7.35. The first-order chi connectivity index (χ1) is 8.19. The second-order valence-electron chi connectivity index (χ2n) is 4.24. The van der Waals surface area contributed by atoms with Crippen LogP contribution in [-0.4, -0.2) is 12.6 Å². The maximum Gasteiger partial charge on any atom is 0.107 e. The number of rotatable bonds is 8. The van der Waals surface area contributed by atoms with Gasteiger partial charge < -0.3 is 10.5 Å². The quantitative estimate of drug-likeness (QED) is 0.716. The zero-order chi connectivity index (χ0) is 12.7. The largest absolute Gasteiger partial charge is 0.371 e. The molecule has 2 unspecified atom stereocenters. The van der Waals surface area contributed by atoms with Crippen molar-refractivity contribution in [1.29, 1.82) is 0 Å². The number of ether oxygens (including phenoxy) is 1. The summed E-state index contributed by atoms with van der Waals surface area (Å²) in [4.78, 5) is 1.22. The van der Waals surface area contributed by atoms with Crippen molar-refractivity contribution in [2.24, 2.45) is 5.73 Å². The Hall–Kier alpha value is 0.1000. The molecule has 1 rings (SSSR count). The van der Waals surface area contributed by atoms with Crippen LogP contribution in [0.3, 0.4) is 0 Å². The van der Waals surface area contributed by atoms with Gasteiger partial charge in [-0.1, -0.05) is 26.7 Å². The maximum atomic E-state index is 6.14. The van der Waals surface area contributed by atoms with Crippen LogP contribution in [0.5, 0.6) is 0 Å². The molecule has 0 radical (unpaired) electrons. The van der Waals surface area contributed by atoms with Crippen LogP contribution in [0.1, 0.15) is 50.5 Å². The van der Waals surface area contributed by atoms with Crippen LogP contribution < -0.4 is 5.73 Å². The number of halogens is 1. The fraction of sp³-hybridized carbons (Fsp3) is 0.692. The van der Waals surface area contributed by atoms with E-state index in [1.165, 1.54) is 17.7 Å². The lowest BCUT2D eigenvalue weighted by molar-refractivity contribution is 0.0336. The SMILES string of the molecule is CCCCCOC(c1cc(Br)cs1)C(N)CC. The Bertz CT molecular complexity index is 316. The maximum absolute atomic E-state index is 6.14. The summed E-state index contributed by atoms with van der Waals surface area (Å²) in [6.07, 6.45) is 4.55. The second-order valence-corrected chi connectivity index (χ2v) is 6.10. The first kappa shape index (κ1) is 15.2. The zero-order valence-corrected chi connectivity index (χ0v) is 13.0. The average molecular weight is 320 g/mol. The summed E-state index contributed by atoms with van der Waals surface area (Å²) in [5, 5.41) is 2.08. The molecule has 0 saturated heterocycles. The lowest BCUT2D eigenvalue weighted by Crippen LogP contribution is -2.29. The van der Waals surface area contributed by atoms with E-state index in [0.29, 0.717) is 0 Å². The molecule has 0 bridgehead atoms. The minimum Gasteiger partial charge on any atom is -0.371 e. The van der Waals surface area contributed by atoms with Crippen LogP contribution in [-0.2, 0) is 4.74 Å². The third kappa shape index (κ3) is 5.08. The molecule has 2 nitrogen and oxygen atoms in total. The van der Waals surface area contributed by atoms with Gasteiger partial charge in [0.15, 0.2) is 0 Å². The molecular formula is C13H22BrNOS. The number of hydrogen-bond acceptors (Lipinski definition) is 3. The van der Waals surface area contributed by atoms with Crippen molar-refractivity contribution in [3.05, 3.63) is 20.8 Å². The molecule has 0 aliphatic carbocycles. The molecule has 1 heterocycles. The fourth-order valence-electron chi connectivity index (χ4n) is 1.67. The van der Waals surface area contributed by atoms with Gasteiger partial charge in [-0.25, -0.2) is 0 Å². The van der Waals surface area contributed by atoms with Gasteiger partial charge in [-0.15, -0.1) is 11.3 Å². The Morgan fingerprint density at radius 2 is 2.18 bits per heavy atom. The summed E-state index contributed by atoms with van der Waals surface area (Å²) in [5.74, 6) is 0. The number of unbranched alkanes of at least 4 members (excludes halogenated alkanes) is 2. The van der Waals surface area contributed by atoms with Crippen molar-refractivity contribution in [3.8, 4) is 0 Å². The van der Waals surface area contributed by atoms with Crippen LogP contribution >= 0.6 is 27.3 Å². The third-order valence-electron chi connectivity index (χ3n) is 2.77. The minimum absolute atomic E-state index is 0.0492. The van der Waals surface area contributed by atoms with E-state index >= 15 is 0 Å². The lowest BCUT2D eigenvalue weighted by Gasteiger charge is -2.22. The number of hydrogen-bond donors (Lipinski definition) is 1. The van der Waals surface area contributed by atoms with Crippen LogP contribution in [0.4, 0.5) is 0 Å². The predicted octanol–water partition coefficient (Wildman–Crippen LogP) is 4.50. The smallest absolute Gasteiger partial charge is 0.107 e. The van der Waals surface area contributed by atoms with Gasteiger partial charge >= 0.3 is 0 Å². The highest BCUT2D eigenvalue weighted by molar-refractivity contribution is 9.10. The number of nitrogens with two attached hydrogens (primary N) is 1. The molecule has 2 atom stereocenters. The molecule has 4 heteroatoms. The standard InChI is InChI=1S/C13H22BrNOS/c1-3-5-6-7-16-13(11(15)4-2)12-8-10(14)9-17-12/h8-9,11,13H,3-7,15H2,1-2H3. The van der Waals surface area contributed by atoms with E-state index in [9.17, 15) is 0 Å². The van der Waals surface area contributed by atoms with Crippen LogP contribution in [0.2, 0.25) is 0 Å². The van der Waals surface area contributed by atoms with E-state index in [0.717, 1.165) is 23.9 Å². The molecule has 0 amide bonds. The summed E-state index contributed by atoms with van der Waals surface area (Å²) in [6.45, 7) is 5.11. The molecule has 2 N–H and O–H groups in total. The summed E-state index contributed by atoms with van der Waals surface area (Å²) in [7, 11) is 0. The average Bonchev–Trinajstić information content (AvgIpc) is 2.75. The normalized spacial score (nSPS) is 14.8. The van der Waals surface area contributed by atoms with Gasteiger partial charge in [-0.3, -0.25) is 0 Å². The Morgan fingerprint density at radius 1 is 1.41 bits per heavy atom. The molecule has 0 aliphatic rings. The minimum atomic E-state index is 0.0492. The van der Waals surface area contributed by atoms with Gasteiger partial charge in [0.25, 0.3) is 0 Å². The van der Waals surface area contributed by atoms with E-state index in [-0.39, 0.29) is 12.1 Å². The highest BCUT2D eigenvalue weighted by Gasteiger charge is 2.20. The first-order valence-electron chi connectivity index (χ1n) is 6.30. The van der Waals surface area contributed by atoms with Crippen molar-refractivity contribution < 1.29 is 4.74 Å². The molecule has 1 aromatic heterocycles. The third-order valence-corrected chi connectivity index (χ3v) is 4.53. The highest BCUT2D eigenvalue weighted by Crippen LogP contribution is 2.30. The van der Waals surface area contributed by atoms with Crippen molar-refractivity contribution in [1.82, 2.24) is 0 Å². The van der Waals surface area contributed by atoms with Gasteiger partial charge in [0.1, 0.15) is 6.10 Å². The van der Waals surface area contributed by atoms with Crippen molar-refractivity contribution in [2.75, 3.05) is 6.61 Å². The highest BCUT2D eigenvalue weighted by atomic mass is 79.9. The summed E-state index contributed by atoms with van der Waals surface area (Å²) < 4.78 is 7.07. The fourth-order valence-corrected chi connectivity index (χ4v) is 3.24. The summed E-state index contributed by atoms with van der Waals surface area (Å²) in [6, 6.07) is 2.20. The van der Waals surface area contributed by atoms with Gasteiger partial charge in [-0.05, 0) is 34.8 Å². The van der Waals surface area contributed by atoms with Crippen LogP contribution in [0.25, 0.3) is 0 Å². The summed E-state index contributed by atoms with van der Waals surface area (Å²) in [5.41, 5.74) is 6.14. The molecule has 98 valence electrons. The van der Waals surface area contributed by atoms with Gasteiger partial charge in [0.05, 0.1) is 0 Å². The van der Waals surface area contributed by atoms with E-state index in [2.05, 4.69) is 41.2 Å². The van der Waals surface area contributed by atoms with Crippen LogP contribution in [0.15, 0.2) is 15.9 Å². The topological polar surface area (TPSA) is 35.2 Å². The van der Waals surface area contributed by atoms with Crippen molar-refractivity contribution in [2.45, 2.75) is 51.7 Å². The number of thiophene rings is 1. The molecule has 1 aromatic rings. The molecule has 17 heavy (non-hydrogen) atoms. The molecule has 0 aromatic carbocycles. The second kappa shape index (κ2) is 8.25. The molecule has 0 saturated carbocycles. The van der Waals surface area contributed by atoms with E-state index < -0.39 is 0 Å². The van der Waals surface area contributed by atoms with E-state index in [4.69, 9.17) is 10.5 Å². The lowest BCUT2D eigenvalue weighted by atomic mass is 10.1. The van der Waals surface area contributed by atoms with E-state index in [1.807, 2.05) is 0 Å². The Morgan fingerprint density at radius 3 is 2.71 bits per heavy atom. The van der Waals surface area contributed by atoms with Gasteiger partial charge in [-0.2, -0.15) is 0 Å². The Balaban J connectivity index is 2.55. The summed E-state index contributed by atoms with van der Waals surface area (Å²) >= 11 is 5.19. The van der Waals surface area contributed by atoms with Crippen molar-refractivity contribution >= 4 is 27.3 Å². The molecule has 0 aliphatic heterocycles. The van der Waals surface area contributed by atoms with Gasteiger partial charge in [0.2, 0.25) is 0 Å². The molecule has 0 fully saturated rings. The van der Waals surface area contributed by atoms with Crippen LogP contribution in [0, 0.1) is 0 Å².